The molecule has 0 rings (SSSR count). The van der Waals surface area contributed by atoms with Crippen LogP contribution in [0.25, 0.3) is 0 Å². The van der Waals surface area contributed by atoms with Gasteiger partial charge >= 0.3 is 0 Å². The van der Waals surface area contributed by atoms with Gasteiger partial charge in [0.15, 0.2) is 0 Å². The molecule has 0 aromatic heterocycles. The summed E-state index contributed by atoms with van der Waals surface area (Å²) in [6, 6.07) is 0. The van der Waals surface area contributed by atoms with E-state index >= 15 is 0 Å². The summed E-state index contributed by atoms with van der Waals surface area (Å²) in [4.78, 5) is 21.0. The summed E-state index contributed by atoms with van der Waals surface area (Å²) in [6.07, 6.45) is 2.01. The largest absolute Gasteiger partial charge is 0.369 e. The highest BCUT2D eigenvalue weighted by molar-refractivity contribution is 7.99. The lowest BCUT2D eigenvalue weighted by Gasteiger charge is -2.05. The van der Waals surface area contributed by atoms with E-state index in [1.807, 2.05) is 0 Å². The van der Waals surface area contributed by atoms with Gasteiger partial charge in [0, 0.05) is 6.42 Å². The van der Waals surface area contributed by atoms with Crippen LogP contribution >= 0.6 is 11.8 Å². The zero-order valence-electron chi connectivity index (χ0n) is 6.09. The summed E-state index contributed by atoms with van der Waals surface area (Å²) in [7, 11) is 0. The van der Waals surface area contributed by atoms with Crippen LogP contribution in [0.15, 0.2) is 0 Å². The maximum atomic E-state index is 10.5. The van der Waals surface area contributed by atoms with Crippen LogP contribution in [0.2, 0.25) is 0 Å². The summed E-state index contributed by atoms with van der Waals surface area (Å²) in [5.41, 5.74) is 4.98. The number of nitrogens with two attached hydrogens (primary N) is 1. The number of Topliss-reactive ketones (excluding diaryl/α,β-unsaturated/α-hetero) is 1. The van der Waals surface area contributed by atoms with Gasteiger partial charge in [-0.05, 0) is 13.2 Å². The van der Waals surface area contributed by atoms with Crippen LogP contribution in [0.4, 0.5) is 0 Å². The molecule has 3 nitrogen and oxygen atoms in total. The first-order valence-electron chi connectivity index (χ1n) is 2.89. The number of thioether (sulfide) groups is 1. The second-order valence-electron chi connectivity index (χ2n) is 2.03. The van der Waals surface area contributed by atoms with Gasteiger partial charge in [0.1, 0.15) is 5.78 Å². The van der Waals surface area contributed by atoms with E-state index in [9.17, 15) is 9.59 Å². The van der Waals surface area contributed by atoms with E-state index < -0.39 is 5.91 Å². The minimum absolute atomic E-state index is 0.00171. The Kier molecular flexibility index (Phi) is 4.11. The average molecular weight is 161 g/mol. The van der Waals surface area contributed by atoms with Gasteiger partial charge < -0.3 is 5.73 Å². The van der Waals surface area contributed by atoms with Crippen LogP contribution < -0.4 is 5.73 Å². The van der Waals surface area contributed by atoms with Crippen LogP contribution in [-0.4, -0.2) is 23.2 Å². The number of hydrogen-bond acceptors (Lipinski definition) is 3. The lowest BCUT2D eigenvalue weighted by atomic mass is 10.2. The smallest absolute Gasteiger partial charge is 0.230 e. The van der Waals surface area contributed by atoms with Crippen molar-refractivity contribution < 1.29 is 9.59 Å². The van der Waals surface area contributed by atoms with E-state index in [1.54, 1.807) is 6.26 Å². The number of carbonyl (C=O) groups excluding carboxylic acids is 2. The number of primary amides is 1. The number of ketones is 1. The molecule has 10 heavy (non-hydrogen) atoms. The quantitative estimate of drug-likeness (QED) is 0.640. The molecule has 0 bridgehead atoms. The van der Waals surface area contributed by atoms with Crippen molar-refractivity contribution in [3.05, 3.63) is 0 Å². The van der Waals surface area contributed by atoms with Crippen molar-refractivity contribution in [2.24, 2.45) is 5.73 Å². The monoisotopic (exact) mass is 161 g/mol. The summed E-state index contributed by atoms with van der Waals surface area (Å²) < 4.78 is 0. The zero-order chi connectivity index (χ0) is 8.15. The highest BCUT2D eigenvalue weighted by Gasteiger charge is 2.14. The molecular formula is C6H11NO2S. The van der Waals surface area contributed by atoms with Gasteiger partial charge in [-0.15, -0.1) is 0 Å². The van der Waals surface area contributed by atoms with Gasteiger partial charge in [0.05, 0.1) is 5.25 Å². The van der Waals surface area contributed by atoms with Crippen LogP contribution in [0.5, 0.6) is 0 Å². The summed E-state index contributed by atoms with van der Waals surface area (Å²) >= 11 is 1.31. The minimum atomic E-state index is -0.414. The number of carbonyl (C=O) groups is 2. The highest BCUT2D eigenvalue weighted by Crippen LogP contribution is 2.09. The van der Waals surface area contributed by atoms with E-state index in [2.05, 4.69) is 0 Å². The fourth-order valence-electron chi connectivity index (χ4n) is 0.561. The van der Waals surface area contributed by atoms with Gasteiger partial charge in [-0.1, -0.05) is 0 Å². The molecule has 0 aliphatic rings. The average Bonchev–Trinajstić information content (AvgIpc) is 1.81. The van der Waals surface area contributed by atoms with Crippen molar-refractivity contribution in [3.63, 3.8) is 0 Å². The van der Waals surface area contributed by atoms with E-state index in [0.717, 1.165) is 0 Å². The van der Waals surface area contributed by atoms with E-state index in [4.69, 9.17) is 5.73 Å². The third kappa shape index (κ3) is 3.50. The lowest BCUT2D eigenvalue weighted by Crippen LogP contribution is -2.27. The first-order valence-corrected chi connectivity index (χ1v) is 4.18. The predicted octanol–water partition coefficient (Wildman–Crippen LogP) is 0.182. The second-order valence-corrected chi connectivity index (χ2v) is 3.07. The Morgan fingerprint density at radius 1 is 1.60 bits per heavy atom. The van der Waals surface area contributed by atoms with Gasteiger partial charge in [-0.3, -0.25) is 9.59 Å². The fourth-order valence-corrected chi connectivity index (χ4v) is 1.19. The topological polar surface area (TPSA) is 60.2 Å². The first-order chi connectivity index (χ1) is 4.57. The molecule has 1 unspecified atom stereocenters. The molecule has 0 aliphatic carbocycles. The summed E-state index contributed by atoms with van der Waals surface area (Å²) in [5, 5.41) is -0.350. The van der Waals surface area contributed by atoms with Crippen LogP contribution in [-0.2, 0) is 9.59 Å². The van der Waals surface area contributed by atoms with E-state index in [0.29, 0.717) is 0 Å². The van der Waals surface area contributed by atoms with Gasteiger partial charge in [0.25, 0.3) is 0 Å². The number of rotatable bonds is 4. The molecule has 0 radical (unpaired) electrons. The summed E-state index contributed by atoms with van der Waals surface area (Å²) in [5.74, 6) is -0.416. The summed E-state index contributed by atoms with van der Waals surface area (Å²) in [6.45, 7) is 1.45. The maximum Gasteiger partial charge on any atom is 0.230 e. The third-order valence-corrected chi connectivity index (χ3v) is 2.04. The Hall–Kier alpha value is -0.510. The molecule has 4 heteroatoms. The molecule has 0 aliphatic heterocycles. The molecule has 0 saturated heterocycles. The molecule has 2 N–H and O–H groups in total. The Morgan fingerprint density at radius 2 is 2.10 bits per heavy atom. The molecule has 1 atom stereocenters. The Labute approximate surface area is 64.4 Å². The normalized spacial score (nSPS) is 12.6. The molecule has 58 valence electrons. The number of hydrogen-bond donors (Lipinski definition) is 1. The molecule has 0 fully saturated rings. The van der Waals surface area contributed by atoms with Crippen molar-refractivity contribution >= 4 is 23.5 Å². The third-order valence-electron chi connectivity index (χ3n) is 1.07. The molecule has 0 saturated carbocycles. The Bertz CT molecular complexity index is 147. The van der Waals surface area contributed by atoms with Crippen molar-refractivity contribution in [1.29, 1.82) is 0 Å². The predicted molar refractivity (Wildman–Crippen MR) is 41.8 cm³/mol. The molecule has 1 amide bonds. The van der Waals surface area contributed by atoms with Crippen molar-refractivity contribution in [2.75, 3.05) is 6.26 Å². The Balaban J connectivity index is 3.83. The van der Waals surface area contributed by atoms with Crippen LogP contribution in [0, 0.1) is 0 Å². The lowest BCUT2D eigenvalue weighted by molar-refractivity contribution is -0.122. The maximum absolute atomic E-state index is 10.5. The van der Waals surface area contributed by atoms with E-state index in [1.165, 1.54) is 18.7 Å². The van der Waals surface area contributed by atoms with Gasteiger partial charge in [-0.25, -0.2) is 0 Å². The van der Waals surface area contributed by atoms with Gasteiger partial charge in [-0.2, -0.15) is 11.8 Å². The second kappa shape index (κ2) is 4.33. The van der Waals surface area contributed by atoms with Crippen molar-refractivity contribution in [2.45, 2.75) is 18.6 Å². The molecule has 0 aromatic carbocycles. The van der Waals surface area contributed by atoms with Crippen molar-refractivity contribution in [3.8, 4) is 0 Å². The van der Waals surface area contributed by atoms with Crippen LogP contribution in [0.1, 0.15) is 13.3 Å². The van der Waals surface area contributed by atoms with E-state index in [-0.39, 0.29) is 17.5 Å². The zero-order valence-corrected chi connectivity index (χ0v) is 6.90. The Morgan fingerprint density at radius 3 is 2.20 bits per heavy atom. The molecule has 0 spiro atoms. The minimum Gasteiger partial charge on any atom is -0.369 e. The highest BCUT2D eigenvalue weighted by atomic mass is 32.2. The molecule has 0 aromatic rings. The van der Waals surface area contributed by atoms with Crippen molar-refractivity contribution in [1.82, 2.24) is 0 Å². The fraction of sp³-hybridized carbons (Fsp3) is 0.667. The SMILES string of the molecule is CSC(CC(C)=O)C(N)=O. The number of amides is 1. The molecule has 0 heterocycles. The standard InChI is InChI=1S/C6H11NO2S/c1-4(8)3-5(10-2)6(7)9/h5H,3H2,1-2H3,(H2,7,9). The van der Waals surface area contributed by atoms with Crippen LogP contribution in [0.3, 0.4) is 0 Å². The molecular weight excluding hydrogens is 150 g/mol. The first kappa shape index (κ1) is 9.49. The van der Waals surface area contributed by atoms with Gasteiger partial charge in [0.2, 0.25) is 5.91 Å².